The fourth-order valence-corrected chi connectivity index (χ4v) is 1.85. The minimum absolute atomic E-state index is 0.309. The molecule has 0 spiro atoms. The van der Waals surface area contributed by atoms with Crippen LogP contribution in [0.1, 0.15) is 45.7 Å². The van der Waals surface area contributed by atoms with Crippen LogP contribution in [0.5, 0.6) is 0 Å². The van der Waals surface area contributed by atoms with Gasteiger partial charge in [0, 0.05) is 17.8 Å². The molecule has 0 amide bonds. The van der Waals surface area contributed by atoms with Crippen molar-refractivity contribution in [1.29, 1.82) is 0 Å². The van der Waals surface area contributed by atoms with Crippen LogP contribution in [-0.4, -0.2) is 4.98 Å². The van der Waals surface area contributed by atoms with E-state index in [2.05, 4.69) is 44.8 Å². The topological polar surface area (TPSA) is 12.9 Å². The van der Waals surface area contributed by atoms with Crippen molar-refractivity contribution in [1.82, 2.24) is 4.98 Å². The maximum atomic E-state index is 4.42. The zero-order chi connectivity index (χ0) is 9.90. The Labute approximate surface area is 81.2 Å². The van der Waals surface area contributed by atoms with Crippen molar-refractivity contribution in [2.75, 3.05) is 0 Å². The number of nitrogens with zero attached hydrogens (tertiary/aromatic N) is 1. The smallest absolute Gasteiger partial charge is 0.0439 e. The Morgan fingerprint density at radius 3 is 2.38 bits per heavy atom. The lowest BCUT2D eigenvalue weighted by molar-refractivity contribution is 0.307. The van der Waals surface area contributed by atoms with E-state index in [9.17, 15) is 0 Å². The van der Waals surface area contributed by atoms with E-state index in [0.29, 0.717) is 11.3 Å². The molecule has 1 aromatic heterocycles. The van der Waals surface area contributed by atoms with Gasteiger partial charge in [-0.25, -0.2) is 0 Å². The Kier molecular flexibility index (Phi) is 3.07. The summed E-state index contributed by atoms with van der Waals surface area (Å²) in [5.41, 5.74) is 1.53. The molecule has 0 bridgehead atoms. The van der Waals surface area contributed by atoms with E-state index in [0.717, 1.165) is 6.42 Å². The van der Waals surface area contributed by atoms with Crippen molar-refractivity contribution in [3.05, 3.63) is 30.1 Å². The number of aromatic nitrogens is 1. The van der Waals surface area contributed by atoms with Crippen molar-refractivity contribution in [2.24, 2.45) is 5.41 Å². The molecule has 1 aromatic rings. The number of rotatable bonds is 2. The molecule has 1 heteroatoms. The average Bonchev–Trinajstić information content (AvgIpc) is 2.05. The van der Waals surface area contributed by atoms with Gasteiger partial charge in [-0.1, -0.05) is 33.8 Å². The van der Waals surface area contributed by atoms with Crippen LogP contribution >= 0.6 is 0 Å². The van der Waals surface area contributed by atoms with Gasteiger partial charge in [-0.3, -0.25) is 4.98 Å². The average molecular weight is 177 g/mol. The molecule has 0 saturated carbocycles. The van der Waals surface area contributed by atoms with Crippen LogP contribution in [0.3, 0.4) is 0 Å². The second-order valence-electron chi connectivity index (χ2n) is 4.58. The Morgan fingerprint density at radius 2 is 2.00 bits per heavy atom. The van der Waals surface area contributed by atoms with Crippen molar-refractivity contribution in [3.63, 3.8) is 0 Å². The van der Waals surface area contributed by atoms with E-state index in [1.165, 1.54) is 5.69 Å². The Morgan fingerprint density at radius 1 is 1.31 bits per heavy atom. The molecule has 0 N–H and O–H groups in total. The minimum Gasteiger partial charge on any atom is -0.261 e. The highest BCUT2D eigenvalue weighted by Gasteiger charge is 2.24. The molecule has 0 aliphatic heterocycles. The first-order valence-electron chi connectivity index (χ1n) is 4.96. The van der Waals surface area contributed by atoms with Gasteiger partial charge in [-0.15, -0.1) is 0 Å². The van der Waals surface area contributed by atoms with E-state index >= 15 is 0 Å². The third-order valence-electron chi connectivity index (χ3n) is 2.50. The maximum Gasteiger partial charge on any atom is 0.0439 e. The first-order valence-corrected chi connectivity index (χ1v) is 4.96. The van der Waals surface area contributed by atoms with Crippen LogP contribution in [-0.2, 0) is 0 Å². The van der Waals surface area contributed by atoms with E-state index in [1.807, 2.05) is 12.3 Å². The largest absolute Gasteiger partial charge is 0.261 e. The van der Waals surface area contributed by atoms with E-state index in [4.69, 9.17) is 0 Å². The first-order chi connectivity index (χ1) is 6.05. The Bertz CT molecular complexity index is 246. The lowest BCUT2D eigenvalue weighted by atomic mass is 9.77. The minimum atomic E-state index is 0.309. The van der Waals surface area contributed by atoms with Gasteiger partial charge in [-0.2, -0.15) is 0 Å². The van der Waals surface area contributed by atoms with Gasteiger partial charge in [0.15, 0.2) is 0 Å². The van der Waals surface area contributed by atoms with E-state index < -0.39 is 0 Å². The highest BCUT2D eigenvalue weighted by atomic mass is 14.7. The van der Waals surface area contributed by atoms with Gasteiger partial charge in [-0.05, 0) is 24.0 Å². The standard InChI is InChI=1S/C12H19N/c1-5-10(12(2,3)4)11-8-6-7-9-13-11/h6-10H,5H2,1-4H3. The van der Waals surface area contributed by atoms with Crippen LogP contribution in [0, 0.1) is 5.41 Å². The molecule has 0 aliphatic carbocycles. The third kappa shape index (κ3) is 2.55. The van der Waals surface area contributed by atoms with Crippen LogP contribution in [0.15, 0.2) is 24.4 Å². The second kappa shape index (κ2) is 3.91. The molecule has 1 unspecified atom stereocenters. The summed E-state index contributed by atoms with van der Waals surface area (Å²) in [6.45, 7) is 9.05. The zero-order valence-electron chi connectivity index (χ0n) is 9.04. The fraction of sp³-hybridized carbons (Fsp3) is 0.583. The lowest BCUT2D eigenvalue weighted by Gasteiger charge is -2.29. The van der Waals surface area contributed by atoms with Gasteiger partial charge in [0.05, 0.1) is 0 Å². The van der Waals surface area contributed by atoms with Gasteiger partial charge < -0.3 is 0 Å². The Balaban J connectivity index is 2.92. The first kappa shape index (κ1) is 10.2. The molecule has 0 fully saturated rings. The van der Waals surface area contributed by atoms with Crippen LogP contribution < -0.4 is 0 Å². The van der Waals surface area contributed by atoms with Crippen molar-refractivity contribution in [2.45, 2.75) is 40.0 Å². The van der Waals surface area contributed by atoms with E-state index in [1.54, 1.807) is 0 Å². The molecule has 1 heterocycles. The van der Waals surface area contributed by atoms with Gasteiger partial charge in [0.25, 0.3) is 0 Å². The van der Waals surface area contributed by atoms with Gasteiger partial charge >= 0.3 is 0 Å². The SMILES string of the molecule is CCC(c1ccccn1)C(C)(C)C. The molecular formula is C12H19N. The molecule has 1 rings (SSSR count). The molecule has 1 atom stereocenters. The summed E-state index contributed by atoms with van der Waals surface area (Å²) < 4.78 is 0. The monoisotopic (exact) mass is 177 g/mol. The predicted octanol–water partition coefficient (Wildman–Crippen LogP) is 3.62. The summed E-state index contributed by atoms with van der Waals surface area (Å²) in [5.74, 6) is 0.564. The maximum absolute atomic E-state index is 4.42. The summed E-state index contributed by atoms with van der Waals surface area (Å²) in [5, 5.41) is 0. The van der Waals surface area contributed by atoms with Crippen LogP contribution in [0.25, 0.3) is 0 Å². The molecule has 0 aromatic carbocycles. The number of hydrogen-bond acceptors (Lipinski definition) is 1. The lowest BCUT2D eigenvalue weighted by Crippen LogP contribution is -2.18. The molecule has 0 radical (unpaired) electrons. The highest BCUT2D eigenvalue weighted by Crippen LogP contribution is 2.36. The van der Waals surface area contributed by atoms with Crippen LogP contribution in [0.4, 0.5) is 0 Å². The van der Waals surface area contributed by atoms with Crippen molar-refractivity contribution in [3.8, 4) is 0 Å². The number of hydrogen-bond donors (Lipinski definition) is 0. The van der Waals surface area contributed by atoms with E-state index in [-0.39, 0.29) is 0 Å². The summed E-state index contributed by atoms with van der Waals surface area (Å²) in [7, 11) is 0. The zero-order valence-corrected chi connectivity index (χ0v) is 9.04. The van der Waals surface area contributed by atoms with Crippen molar-refractivity contribution < 1.29 is 0 Å². The third-order valence-corrected chi connectivity index (χ3v) is 2.50. The second-order valence-corrected chi connectivity index (χ2v) is 4.58. The summed E-state index contributed by atoms with van der Waals surface area (Å²) in [6, 6.07) is 6.16. The molecule has 0 saturated heterocycles. The summed E-state index contributed by atoms with van der Waals surface area (Å²) >= 11 is 0. The molecule has 1 nitrogen and oxygen atoms in total. The fourth-order valence-electron chi connectivity index (χ4n) is 1.85. The summed E-state index contributed by atoms with van der Waals surface area (Å²) in [6.07, 6.45) is 3.03. The highest BCUT2D eigenvalue weighted by molar-refractivity contribution is 5.11. The molecule has 0 aliphatic rings. The molecule has 72 valence electrons. The molecule has 13 heavy (non-hydrogen) atoms. The number of pyridine rings is 1. The normalized spacial score (nSPS) is 14.2. The van der Waals surface area contributed by atoms with Gasteiger partial charge in [0.1, 0.15) is 0 Å². The quantitative estimate of drug-likeness (QED) is 0.672. The van der Waals surface area contributed by atoms with Gasteiger partial charge in [0.2, 0.25) is 0 Å². The van der Waals surface area contributed by atoms with Crippen molar-refractivity contribution >= 4 is 0 Å². The van der Waals surface area contributed by atoms with Crippen LogP contribution in [0.2, 0.25) is 0 Å². The Hall–Kier alpha value is -0.850. The summed E-state index contributed by atoms with van der Waals surface area (Å²) in [4.78, 5) is 4.42. The molecular weight excluding hydrogens is 158 g/mol. The predicted molar refractivity (Wildman–Crippen MR) is 56.7 cm³/mol.